The Labute approximate surface area is 214 Å². The van der Waals surface area contributed by atoms with E-state index in [1.807, 2.05) is 42.5 Å². The van der Waals surface area contributed by atoms with Crippen LogP contribution >= 0.6 is 0 Å². The maximum Gasteiger partial charge on any atom is 0.573 e. The van der Waals surface area contributed by atoms with Gasteiger partial charge in [-0.15, -0.1) is 13.2 Å². The fourth-order valence-electron chi connectivity index (χ4n) is 4.31. The Kier molecular flexibility index (Phi) is 8.70. The first-order valence-corrected chi connectivity index (χ1v) is 12.6. The minimum absolute atomic E-state index is 0.270. The molecule has 4 rings (SSSR count). The van der Waals surface area contributed by atoms with Crippen molar-refractivity contribution in [2.75, 3.05) is 6.61 Å². The maximum atomic E-state index is 15.2. The van der Waals surface area contributed by atoms with E-state index in [1.54, 1.807) is 24.3 Å². The highest BCUT2D eigenvalue weighted by Gasteiger charge is 2.30. The number of alkyl halides is 3. The summed E-state index contributed by atoms with van der Waals surface area (Å²) in [6.07, 6.45) is 0.871. The molecule has 4 aromatic carbocycles. The van der Waals surface area contributed by atoms with Crippen molar-refractivity contribution in [3.63, 3.8) is 0 Å². The monoisotopic (exact) mass is 510 g/mol. The lowest BCUT2D eigenvalue weighted by atomic mass is 9.97. The van der Waals surface area contributed by atoms with Gasteiger partial charge >= 0.3 is 6.36 Å². The van der Waals surface area contributed by atoms with E-state index in [4.69, 9.17) is 4.74 Å². The zero-order chi connectivity index (χ0) is 26.3. The van der Waals surface area contributed by atoms with Gasteiger partial charge < -0.3 is 9.47 Å². The van der Waals surface area contributed by atoms with E-state index in [2.05, 4.69) is 11.7 Å². The summed E-state index contributed by atoms with van der Waals surface area (Å²) >= 11 is 0. The van der Waals surface area contributed by atoms with Crippen LogP contribution in [0.2, 0.25) is 0 Å². The van der Waals surface area contributed by atoms with Crippen molar-refractivity contribution in [2.24, 2.45) is 0 Å². The molecule has 0 heterocycles. The van der Waals surface area contributed by atoms with Crippen LogP contribution in [0.4, 0.5) is 17.6 Å². The highest BCUT2D eigenvalue weighted by Crippen LogP contribution is 2.29. The Bertz CT molecular complexity index is 1300. The molecule has 0 saturated heterocycles. The SMILES string of the molecule is CCCCCCOc1ccc(-c2ccc3c(F)c(CCc4ccc(OC(F)(F)F)cc4)ccc3c2)cc1. The van der Waals surface area contributed by atoms with E-state index >= 15 is 4.39 Å². The van der Waals surface area contributed by atoms with Gasteiger partial charge in [0.15, 0.2) is 0 Å². The molecule has 0 bridgehead atoms. The fraction of sp³-hybridized carbons (Fsp3) is 0.290. The number of benzene rings is 4. The Morgan fingerprint density at radius 1 is 0.703 bits per heavy atom. The van der Waals surface area contributed by atoms with Crippen molar-refractivity contribution in [3.8, 4) is 22.6 Å². The number of rotatable bonds is 11. The molecule has 0 amide bonds. The number of unbranched alkanes of at least 4 members (excludes halogenated alkanes) is 3. The van der Waals surface area contributed by atoms with E-state index in [0.29, 0.717) is 30.4 Å². The normalized spacial score (nSPS) is 11.6. The molecule has 0 radical (unpaired) electrons. The van der Waals surface area contributed by atoms with Crippen LogP contribution < -0.4 is 9.47 Å². The molecule has 0 aliphatic carbocycles. The second-order valence-electron chi connectivity index (χ2n) is 9.10. The number of aryl methyl sites for hydroxylation is 2. The molecule has 2 nitrogen and oxygen atoms in total. The molecule has 37 heavy (non-hydrogen) atoms. The van der Waals surface area contributed by atoms with Crippen LogP contribution in [0.5, 0.6) is 11.5 Å². The molecular formula is C31H30F4O2. The van der Waals surface area contributed by atoms with Gasteiger partial charge in [-0.25, -0.2) is 4.39 Å². The number of halogens is 4. The van der Waals surface area contributed by atoms with E-state index in [9.17, 15) is 13.2 Å². The van der Waals surface area contributed by atoms with Crippen LogP contribution in [0.3, 0.4) is 0 Å². The summed E-state index contributed by atoms with van der Waals surface area (Å²) in [5.74, 6) is 0.306. The van der Waals surface area contributed by atoms with Gasteiger partial charge in [0, 0.05) is 5.39 Å². The molecule has 194 valence electrons. The minimum atomic E-state index is -4.72. The molecule has 0 saturated carbocycles. The average Bonchev–Trinajstić information content (AvgIpc) is 2.88. The summed E-state index contributed by atoms with van der Waals surface area (Å²) in [6.45, 7) is 2.90. The van der Waals surface area contributed by atoms with Gasteiger partial charge in [0.25, 0.3) is 0 Å². The van der Waals surface area contributed by atoms with Gasteiger partial charge in [-0.1, -0.05) is 74.7 Å². The van der Waals surface area contributed by atoms with E-state index < -0.39 is 6.36 Å². The lowest BCUT2D eigenvalue weighted by Gasteiger charge is -2.11. The number of hydrogen-bond donors (Lipinski definition) is 0. The van der Waals surface area contributed by atoms with Crippen LogP contribution in [0, 0.1) is 5.82 Å². The number of hydrogen-bond acceptors (Lipinski definition) is 2. The van der Waals surface area contributed by atoms with Crippen molar-refractivity contribution in [1.82, 2.24) is 0 Å². The summed E-state index contributed by atoms with van der Waals surface area (Å²) in [6, 6.07) is 23.0. The topological polar surface area (TPSA) is 18.5 Å². The zero-order valence-electron chi connectivity index (χ0n) is 20.8. The summed E-state index contributed by atoms with van der Waals surface area (Å²) in [5.41, 5.74) is 3.40. The van der Waals surface area contributed by atoms with Crippen LogP contribution in [0.25, 0.3) is 21.9 Å². The van der Waals surface area contributed by atoms with E-state index in [-0.39, 0.29) is 11.6 Å². The predicted molar refractivity (Wildman–Crippen MR) is 140 cm³/mol. The standard InChI is InChI=1S/C31H30F4O2/c1-2-3-4-5-20-36-27-17-12-23(13-18-27)25-14-19-29-26(21-25)11-10-24(30(29)32)9-6-22-7-15-28(16-8-22)37-31(33,34)35/h7-8,10-19,21H,2-6,9,20H2,1H3. The molecule has 0 unspecified atom stereocenters. The Morgan fingerprint density at radius 3 is 2.11 bits per heavy atom. The van der Waals surface area contributed by atoms with Gasteiger partial charge in [0.05, 0.1) is 6.61 Å². The predicted octanol–water partition coefficient (Wildman–Crippen LogP) is 9.29. The van der Waals surface area contributed by atoms with Crippen LogP contribution in [0.15, 0.2) is 78.9 Å². The second kappa shape index (κ2) is 12.1. The second-order valence-corrected chi connectivity index (χ2v) is 9.10. The summed E-state index contributed by atoms with van der Waals surface area (Å²) < 4.78 is 61.9. The van der Waals surface area contributed by atoms with Crippen molar-refractivity contribution < 1.29 is 27.0 Å². The first kappa shape index (κ1) is 26.5. The number of fused-ring (bicyclic) bond motifs is 1. The molecule has 0 fully saturated rings. The van der Waals surface area contributed by atoms with Crippen LogP contribution in [-0.2, 0) is 12.8 Å². The lowest BCUT2D eigenvalue weighted by Crippen LogP contribution is -2.17. The fourth-order valence-corrected chi connectivity index (χ4v) is 4.31. The lowest BCUT2D eigenvalue weighted by molar-refractivity contribution is -0.274. The highest BCUT2D eigenvalue weighted by molar-refractivity contribution is 5.88. The smallest absolute Gasteiger partial charge is 0.494 e. The Hall–Kier alpha value is -3.54. The molecule has 0 N–H and O–H groups in total. The van der Waals surface area contributed by atoms with Crippen LogP contribution in [-0.4, -0.2) is 13.0 Å². The van der Waals surface area contributed by atoms with E-state index in [0.717, 1.165) is 34.2 Å². The molecule has 6 heteroatoms. The molecule has 0 atom stereocenters. The molecule has 0 spiro atoms. The average molecular weight is 511 g/mol. The van der Waals surface area contributed by atoms with E-state index in [1.165, 1.54) is 31.4 Å². The zero-order valence-corrected chi connectivity index (χ0v) is 20.8. The van der Waals surface area contributed by atoms with Crippen molar-refractivity contribution in [1.29, 1.82) is 0 Å². The summed E-state index contributed by atoms with van der Waals surface area (Å²) in [7, 11) is 0. The quantitative estimate of drug-likeness (QED) is 0.148. The minimum Gasteiger partial charge on any atom is -0.494 e. The molecule has 0 aliphatic rings. The third kappa shape index (κ3) is 7.48. The van der Waals surface area contributed by atoms with Crippen molar-refractivity contribution in [3.05, 3.63) is 95.8 Å². The van der Waals surface area contributed by atoms with Gasteiger partial charge in [-0.2, -0.15) is 0 Å². The molecule has 0 aromatic heterocycles. The first-order valence-electron chi connectivity index (χ1n) is 12.6. The summed E-state index contributed by atoms with van der Waals surface area (Å²) in [4.78, 5) is 0. The van der Waals surface area contributed by atoms with Gasteiger partial charge in [-0.3, -0.25) is 0 Å². The molecule has 4 aromatic rings. The molecular weight excluding hydrogens is 480 g/mol. The molecule has 0 aliphatic heterocycles. The first-order chi connectivity index (χ1) is 17.8. The third-order valence-electron chi connectivity index (χ3n) is 6.33. The number of ether oxygens (including phenoxy) is 2. The largest absolute Gasteiger partial charge is 0.573 e. The highest BCUT2D eigenvalue weighted by atomic mass is 19.4. The maximum absolute atomic E-state index is 15.2. The summed E-state index contributed by atoms with van der Waals surface area (Å²) in [5, 5.41) is 1.35. The van der Waals surface area contributed by atoms with Gasteiger partial charge in [-0.05, 0) is 77.2 Å². The van der Waals surface area contributed by atoms with Gasteiger partial charge in [0.2, 0.25) is 0 Å². The van der Waals surface area contributed by atoms with Crippen molar-refractivity contribution >= 4 is 10.8 Å². The van der Waals surface area contributed by atoms with Gasteiger partial charge in [0.1, 0.15) is 17.3 Å². The third-order valence-corrected chi connectivity index (χ3v) is 6.33. The van der Waals surface area contributed by atoms with Crippen molar-refractivity contribution in [2.45, 2.75) is 51.8 Å². The Balaban J connectivity index is 1.39. The van der Waals surface area contributed by atoms with Crippen LogP contribution in [0.1, 0.15) is 43.7 Å². The Morgan fingerprint density at radius 2 is 1.41 bits per heavy atom.